The molecule has 1 atom stereocenters. The van der Waals surface area contributed by atoms with Crippen LogP contribution in [0.3, 0.4) is 0 Å². The van der Waals surface area contributed by atoms with Crippen LogP contribution in [0.5, 0.6) is 5.75 Å². The summed E-state index contributed by atoms with van der Waals surface area (Å²) in [7, 11) is -1.19. The first kappa shape index (κ1) is 21.8. The van der Waals surface area contributed by atoms with E-state index in [1.54, 1.807) is 24.5 Å². The molecule has 0 saturated heterocycles. The summed E-state index contributed by atoms with van der Waals surface area (Å²) in [4.78, 5) is 46.4. The largest absolute Gasteiger partial charge is 0.426 e. The summed E-state index contributed by atoms with van der Waals surface area (Å²) in [5.41, 5.74) is 0.230. The van der Waals surface area contributed by atoms with Gasteiger partial charge in [-0.3, -0.25) is 28.9 Å². The van der Waals surface area contributed by atoms with Gasteiger partial charge in [0.2, 0.25) is 5.91 Å². The number of para-hydroxylation sites is 1. The van der Waals surface area contributed by atoms with E-state index >= 15 is 0 Å². The molecule has 2 heterocycles. The second-order valence-corrected chi connectivity index (χ2v) is 11.8. The first-order valence-electron chi connectivity index (χ1n) is 12.9. The molecule has 0 spiro atoms. The summed E-state index contributed by atoms with van der Waals surface area (Å²) in [5.74, 6) is -2.80. The van der Waals surface area contributed by atoms with Gasteiger partial charge in [-0.2, -0.15) is 0 Å². The standard InChI is InChI=1S/C25H28N4O5S2/c1-25(2,3)36(33)16-18-15-28-24(35-18)29-23(32)19-6-4-5-7-20(19)34-22(31)9-8-21(30)27-14-17-10-12-26-13-11-17/h4-7,10-13,15H,8-9,14,16H2,1-3H3,(H,27,30)(H,28,29,32)/i4D,5D,6D,7D. The predicted octanol–water partition coefficient (Wildman–Crippen LogP) is 3.84. The van der Waals surface area contributed by atoms with Crippen LogP contribution in [0.25, 0.3) is 0 Å². The fourth-order valence-electron chi connectivity index (χ4n) is 2.64. The average molecular weight is 533 g/mol. The van der Waals surface area contributed by atoms with Gasteiger partial charge < -0.3 is 10.1 Å². The van der Waals surface area contributed by atoms with Crippen LogP contribution in [0.2, 0.25) is 0 Å². The van der Waals surface area contributed by atoms with Gasteiger partial charge in [0.25, 0.3) is 5.91 Å². The molecule has 0 saturated carbocycles. The third-order valence-electron chi connectivity index (χ3n) is 4.62. The molecular formula is C25H28N4O5S2. The van der Waals surface area contributed by atoms with Gasteiger partial charge in [-0.25, -0.2) is 4.98 Å². The second kappa shape index (κ2) is 12.5. The molecule has 0 aliphatic carbocycles. The lowest BCUT2D eigenvalue weighted by atomic mass is 10.2. The molecule has 11 heteroatoms. The molecule has 190 valence electrons. The number of esters is 1. The van der Waals surface area contributed by atoms with Crippen molar-refractivity contribution in [1.29, 1.82) is 0 Å². The lowest BCUT2D eigenvalue weighted by Crippen LogP contribution is -2.24. The summed E-state index contributed by atoms with van der Waals surface area (Å²) >= 11 is 1.07. The number of amides is 2. The topological polar surface area (TPSA) is 127 Å². The SMILES string of the molecule is [2H]c1c([2H])c([2H])c(C(=O)Nc2ncc(CS(=O)C(C)(C)C)s2)c(OC(=O)CCC(=O)NCc2ccncc2)c1[2H]. The average Bonchev–Trinajstić information content (AvgIpc) is 3.34. The van der Waals surface area contributed by atoms with Crippen molar-refractivity contribution in [3.05, 3.63) is 70.9 Å². The van der Waals surface area contributed by atoms with Gasteiger partial charge >= 0.3 is 5.97 Å². The van der Waals surface area contributed by atoms with Gasteiger partial charge in [-0.1, -0.05) is 12.1 Å². The molecule has 0 bridgehead atoms. The summed E-state index contributed by atoms with van der Waals surface area (Å²) < 4.78 is 49.5. The van der Waals surface area contributed by atoms with Gasteiger partial charge in [0.1, 0.15) is 5.75 Å². The smallest absolute Gasteiger partial charge is 0.311 e. The Labute approximate surface area is 221 Å². The molecule has 0 aliphatic heterocycles. The maximum Gasteiger partial charge on any atom is 0.311 e. The molecule has 9 nitrogen and oxygen atoms in total. The highest BCUT2D eigenvalue weighted by molar-refractivity contribution is 7.85. The lowest BCUT2D eigenvalue weighted by Gasteiger charge is -2.16. The first-order chi connectivity index (χ1) is 18.8. The number of nitrogens with zero attached hydrogens (tertiary/aromatic N) is 2. The Balaban J connectivity index is 1.72. The van der Waals surface area contributed by atoms with Crippen LogP contribution in [-0.4, -0.2) is 36.7 Å². The number of aromatic nitrogens is 2. The predicted molar refractivity (Wildman–Crippen MR) is 139 cm³/mol. The number of hydrogen-bond acceptors (Lipinski definition) is 8. The van der Waals surface area contributed by atoms with E-state index < -0.39 is 75.2 Å². The van der Waals surface area contributed by atoms with E-state index in [4.69, 9.17) is 10.2 Å². The molecule has 0 radical (unpaired) electrons. The number of hydrogen-bond donors (Lipinski definition) is 2. The normalized spacial score (nSPS) is 13.5. The highest BCUT2D eigenvalue weighted by Crippen LogP contribution is 2.25. The minimum Gasteiger partial charge on any atom is -0.426 e. The molecule has 1 unspecified atom stereocenters. The Bertz CT molecular complexity index is 1450. The Kier molecular flexibility index (Phi) is 7.57. The third kappa shape index (κ3) is 8.35. The zero-order valence-corrected chi connectivity index (χ0v) is 21.6. The summed E-state index contributed by atoms with van der Waals surface area (Å²) in [6, 6.07) is 0.641. The van der Waals surface area contributed by atoms with Crippen molar-refractivity contribution in [2.75, 3.05) is 5.32 Å². The quantitative estimate of drug-likeness (QED) is 0.300. The maximum atomic E-state index is 13.1. The molecule has 2 amide bonds. The van der Waals surface area contributed by atoms with E-state index in [0.29, 0.717) is 4.88 Å². The van der Waals surface area contributed by atoms with E-state index in [-0.39, 0.29) is 23.8 Å². The number of ether oxygens (including phenoxy) is 1. The molecule has 2 aromatic heterocycles. The van der Waals surface area contributed by atoms with Crippen molar-refractivity contribution in [3.8, 4) is 5.75 Å². The number of rotatable bonds is 10. The van der Waals surface area contributed by atoms with Crippen molar-refractivity contribution >= 4 is 45.1 Å². The zero-order valence-electron chi connectivity index (χ0n) is 24.0. The maximum absolute atomic E-state index is 13.1. The first-order valence-corrected chi connectivity index (χ1v) is 13.0. The lowest BCUT2D eigenvalue weighted by molar-refractivity contribution is -0.136. The van der Waals surface area contributed by atoms with Crippen molar-refractivity contribution in [2.45, 2.75) is 50.7 Å². The van der Waals surface area contributed by atoms with Crippen LogP contribution in [0, 0.1) is 0 Å². The van der Waals surface area contributed by atoms with Crippen LogP contribution < -0.4 is 15.4 Å². The van der Waals surface area contributed by atoms with Crippen molar-refractivity contribution in [3.63, 3.8) is 0 Å². The van der Waals surface area contributed by atoms with E-state index in [0.717, 1.165) is 16.9 Å². The van der Waals surface area contributed by atoms with Gasteiger partial charge in [-0.15, -0.1) is 11.3 Å². The Morgan fingerprint density at radius 3 is 2.58 bits per heavy atom. The van der Waals surface area contributed by atoms with Crippen LogP contribution >= 0.6 is 11.3 Å². The highest BCUT2D eigenvalue weighted by atomic mass is 32.2. The summed E-state index contributed by atoms with van der Waals surface area (Å²) in [6.45, 7) is 5.76. The molecule has 2 N–H and O–H groups in total. The second-order valence-electron chi connectivity index (χ2n) is 8.50. The minimum absolute atomic E-state index is 0.112. The number of carbonyl (C=O) groups is 3. The Morgan fingerprint density at radius 2 is 1.86 bits per heavy atom. The Morgan fingerprint density at radius 1 is 1.14 bits per heavy atom. The van der Waals surface area contributed by atoms with Crippen LogP contribution in [0.1, 0.15) is 59.9 Å². The van der Waals surface area contributed by atoms with E-state index in [1.807, 2.05) is 20.8 Å². The van der Waals surface area contributed by atoms with E-state index in [9.17, 15) is 18.6 Å². The van der Waals surface area contributed by atoms with Crippen LogP contribution in [0.15, 0.2) is 54.9 Å². The number of nitrogens with one attached hydrogen (secondary N) is 2. The fourth-order valence-corrected chi connectivity index (χ4v) is 4.57. The van der Waals surface area contributed by atoms with E-state index in [1.165, 1.54) is 6.20 Å². The number of thiazole rings is 1. The number of pyridine rings is 1. The number of anilines is 1. The molecular weight excluding hydrogens is 500 g/mol. The number of carbonyl (C=O) groups excluding carboxylic acids is 3. The molecule has 0 aliphatic rings. The third-order valence-corrected chi connectivity index (χ3v) is 7.66. The molecule has 36 heavy (non-hydrogen) atoms. The molecule has 3 aromatic rings. The van der Waals surface area contributed by atoms with Crippen molar-refractivity contribution in [2.24, 2.45) is 0 Å². The summed E-state index contributed by atoms with van der Waals surface area (Å²) in [6.07, 6.45) is 3.99. The zero-order chi connectivity index (χ0) is 29.6. The van der Waals surface area contributed by atoms with Crippen molar-refractivity contribution < 1.29 is 28.8 Å². The number of benzene rings is 1. The van der Waals surface area contributed by atoms with Crippen LogP contribution in [0.4, 0.5) is 5.13 Å². The molecule has 1 aromatic carbocycles. The molecule has 3 rings (SSSR count). The van der Waals surface area contributed by atoms with Crippen molar-refractivity contribution in [1.82, 2.24) is 15.3 Å². The Hall–Kier alpha value is -3.44. The van der Waals surface area contributed by atoms with Gasteiger partial charge in [-0.05, 0) is 50.6 Å². The fraction of sp³-hybridized carbons (Fsp3) is 0.320. The van der Waals surface area contributed by atoms with Gasteiger partial charge in [0, 0.05) is 52.0 Å². The molecule has 0 fully saturated rings. The van der Waals surface area contributed by atoms with Gasteiger partial charge in [0.05, 0.1) is 23.2 Å². The highest BCUT2D eigenvalue weighted by Gasteiger charge is 2.21. The van der Waals surface area contributed by atoms with Gasteiger partial charge in [0.15, 0.2) is 5.13 Å². The minimum atomic E-state index is -1.19. The monoisotopic (exact) mass is 532 g/mol. The van der Waals surface area contributed by atoms with E-state index in [2.05, 4.69) is 20.6 Å². The van der Waals surface area contributed by atoms with Crippen LogP contribution in [-0.2, 0) is 32.7 Å². The summed E-state index contributed by atoms with van der Waals surface area (Å²) in [5, 5.41) is 5.22.